The van der Waals surface area contributed by atoms with E-state index in [9.17, 15) is 14.7 Å². The van der Waals surface area contributed by atoms with E-state index in [4.69, 9.17) is 16.3 Å². The number of piperidine rings is 1. The number of nitrogens with zero attached hydrogens (tertiary/aromatic N) is 2. The van der Waals surface area contributed by atoms with Gasteiger partial charge in [0.05, 0.1) is 17.6 Å². The Labute approximate surface area is 221 Å². The number of carbonyl (C=O) groups is 2. The van der Waals surface area contributed by atoms with Gasteiger partial charge in [-0.15, -0.1) is 11.8 Å². The van der Waals surface area contributed by atoms with Crippen molar-refractivity contribution in [1.82, 2.24) is 9.88 Å². The van der Waals surface area contributed by atoms with Crippen LogP contribution in [0.25, 0.3) is 10.9 Å². The van der Waals surface area contributed by atoms with Crippen molar-refractivity contribution in [3.05, 3.63) is 65.3 Å². The van der Waals surface area contributed by atoms with Crippen LogP contribution in [0, 0.1) is 11.8 Å². The summed E-state index contributed by atoms with van der Waals surface area (Å²) >= 11 is 8.23. The van der Waals surface area contributed by atoms with Crippen LogP contribution in [0.3, 0.4) is 0 Å². The molecule has 1 saturated heterocycles. The Bertz CT molecular complexity index is 1210. The molecule has 0 amide bonds. The van der Waals surface area contributed by atoms with E-state index in [-0.39, 0.29) is 24.0 Å². The first-order chi connectivity index (χ1) is 17.4. The van der Waals surface area contributed by atoms with Crippen molar-refractivity contribution in [3.63, 3.8) is 0 Å². The van der Waals surface area contributed by atoms with Crippen molar-refractivity contribution in [2.24, 2.45) is 11.8 Å². The number of hydrogen-bond acceptors (Lipinski definition) is 6. The van der Waals surface area contributed by atoms with Crippen LogP contribution in [-0.2, 0) is 4.79 Å². The highest BCUT2D eigenvalue weighted by atomic mass is 35.5. The minimum Gasteiger partial charge on any atom is -0.497 e. The second kappa shape index (κ2) is 12.6. The third-order valence-corrected chi connectivity index (χ3v) is 8.16. The first-order valence-electron chi connectivity index (χ1n) is 12.2. The van der Waals surface area contributed by atoms with Crippen molar-refractivity contribution >= 4 is 46.0 Å². The van der Waals surface area contributed by atoms with Crippen molar-refractivity contribution < 1.29 is 19.4 Å². The van der Waals surface area contributed by atoms with Crippen molar-refractivity contribution in [3.8, 4) is 5.75 Å². The van der Waals surface area contributed by atoms with Gasteiger partial charge in [-0.05, 0) is 61.6 Å². The fourth-order valence-electron chi connectivity index (χ4n) is 5.00. The standard InChI is InChI=1S/C28H31ClN2O4S/c1-35-21-8-9-25-23(16-21)28(24(29)17-30-25)26(32)10-7-19-11-12-31(18-20(19)15-27(33)34)13-14-36-22-5-3-2-4-6-22/h2-6,8-9,16-17,19-20H,7,10-15,18H2,1H3,(H,33,34). The number of ether oxygens (including phenoxy) is 1. The van der Waals surface area contributed by atoms with Crippen LogP contribution < -0.4 is 4.74 Å². The number of thioether (sulfide) groups is 1. The number of methoxy groups -OCH3 is 1. The van der Waals surface area contributed by atoms with Gasteiger partial charge in [-0.3, -0.25) is 14.6 Å². The molecule has 36 heavy (non-hydrogen) atoms. The number of carbonyl (C=O) groups excluding carboxylic acids is 1. The SMILES string of the molecule is COc1ccc2ncc(Cl)c(C(=O)CCC3CCN(CCSc4ccccc4)CC3CC(=O)O)c2c1. The van der Waals surface area contributed by atoms with E-state index < -0.39 is 5.97 Å². The number of benzene rings is 2. The predicted octanol–water partition coefficient (Wildman–Crippen LogP) is 6.06. The van der Waals surface area contributed by atoms with Gasteiger partial charge in [0, 0.05) is 53.7 Å². The average Bonchev–Trinajstić information content (AvgIpc) is 2.88. The number of aromatic nitrogens is 1. The van der Waals surface area contributed by atoms with Crippen LogP contribution in [0.2, 0.25) is 5.02 Å². The van der Waals surface area contributed by atoms with Gasteiger partial charge in [0.2, 0.25) is 0 Å². The smallest absolute Gasteiger partial charge is 0.303 e. The molecule has 2 unspecified atom stereocenters. The zero-order chi connectivity index (χ0) is 25.5. The van der Waals surface area contributed by atoms with E-state index in [1.165, 1.54) is 11.1 Å². The summed E-state index contributed by atoms with van der Waals surface area (Å²) < 4.78 is 5.32. The minimum absolute atomic E-state index is 0.0236. The molecule has 1 N–H and O–H groups in total. The normalized spacial score (nSPS) is 18.3. The number of fused-ring (bicyclic) bond motifs is 1. The molecule has 190 valence electrons. The monoisotopic (exact) mass is 526 g/mol. The second-order valence-electron chi connectivity index (χ2n) is 9.19. The average molecular weight is 527 g/mol. The number of ketones is 1. The zero-order valence-electron chi connectivity index (χ0n) is 20.4. The molecule has 4 rings (SSSR count). The number of Topliss-reactive ketones (excluding diaryl/α,β-unsaturated/α-hetero) is 1. The number of hydrogen-bond donors (Lipinski definition) is 1. The van der Waals surface area contributed by atoms with Crippen molar-refractivity contribution in [2.75, 3.05) is 32.5 Å². The maximum atomic E-state index is 13.3. The molecule has 0 saturated carbocycles. The summed E-state index contributed by atoms with van der Waals surface area (Å²) in [5, 5.41) is 10.5. The Hall–Kier alpha value is -2.61. The summed E-state index contributed by atoms with van der Waals surface area (Å²) in [5.41, 5.74) is 1.15. The lowest BCUT2D eigenvalue weighted by Gasteiger charge is -2.38. The fourth-order valence-corrected chi connectivity index (χ4v) is 6.19. The molecule has 1 fully saturated rings. The first kappa shape index (κ1) is 26.5. The van der Waals surface area contributed by atoms with Crippen LogP contribution in [0.4, 0.5) is 0 Å². The van der Waals surface area contributed by atoms with E-state index in [0.29, 0.717) is 40.1 Å². The van der Waals surface area contributed by atoms with Crippen LogP contribution >= 0.6 is 23.4 Å². The Balaban J connectivity index is 1.38. The van der Waals surface area contributed by atoms with E-state index in [1.807, 2.05) is 36.0 Å². The third-order valence-electron chi connectivity index (χ3n) is 6.88. The lowest BCUT2D eigenvalue weighted by molar-refractivity contribution is -0.139. The Morgan fingerprint density at radius 3 is 2.75 bits per heavy atom. The summed E-state index contributed by atoms with van der Waals surface area (Å²) in [4.78, 5) is 32.9. The highest BCUT2D eigenvalue weighted by molar-refractivity contribution is 7.99. The van der Waals surface area contributed by atoms with Gasteiger partial charge < -0.3 is 14.7 Å². The number of carboxylic acids is 1. The minimum atomic E-state index is -0.785. The highest BCUT2D eigenvalue weighted by Gasteiger charge is 2.31. The highest BCUT2D eigenvalue weighted by Crippen LogP contribution is 2.33. The lowest BCUT2D eigenvalue weighted by Crippen LogP contribution is -2.42. The van der Waals surface area contributed by atoms with Crippen LogP contribution in [-0.4, -0.2) is 59.2 Å². The molecule has 3 aromatic rings. The first-order valence-corrected chi connectivity index (χ1v) is 13.6. The predicted molar refractivity (Wildman–Crippen MR) is 144 cm³/mol. The summed E-state index contributed by atoms with van der Waals surface area (Å²) in [6.07, 6.45) is 3.49. The summed E-state index contributed by atoms with van der Waals surface area (Å²) in [5.74, 6) is 0.979. The zero-order valence-corrected chi connectivity index (χ0v) is 21.9. The maximum absolute atomic E-state index is 13.3. The molecule has 1 aliphatic heterocycles. The summed E-state index contributed by atoms with van der Waals surface area (Å²) in [6, 6.07) is 15.7. The van der Waals surface area contributed by atoms with E-state index in [2.05, 4.69) is 22.0 Å². The number of pyridine rings is 1. The number of aliphatic carboxylic acids is 1. The van der Waals surface area contributed by atoms with Crippen molar-refractivity contribution in [1.29, 1.82) is 0 Å². The largest absolute Gasteiger partial charge is 0.497 e. The molecule has 1 aromatic heterocycles. The Morgan fingerprint density at radius 2 is 2.00 bits per heavy atom. The van der Waals surface area contributed by atoms with Gasteiger partial charge >= 0.3 is 5.97 Å². The van der Waals surface area contributed by atoms with Gasteiger partial charge in [0.1, 0.15) is 5.75 Å². The third kappa shape index (κ3) is 6.78. The molecule has 2 atom stereocenters. The molecule has 6 nitrogen and oxygen atoms in total. The molecule has 8 heteroatoms. The van der Waals surface area contributed by atoms with Gasteiger partial charge in [-0.2, -0.15) is 0 Å². The molecule has 0 aliphatic carbocycles. The lowest BCUT2D eigenvalue weighted by atomic mass is 9.79. The molecule has 0 radical (unpaired) electrons. The number of carboxylic acid groups (broad SMARTS) is 1. The van der Waals surface area contributed by atoms with Crippen molar-refractivity contribution in [2.45, 2.75) is 30.6 Å². The van der Waals surface area contributed by atoms with Gasteiger partial charge in [-0.1, -0.05) is 29.8 Å². The van der Waals surface area contributed by atoms with Gasteiger partial charge in [0.15, 0.2) is 5.78 Å². The topological polar surface area (TPSA) is 79.7 Å². The van der Waals surface area contributed by atoms with Gasteiger partial charge in [-0.25, -0.2) is 0 Å². The van der Waals surface area contributed by atoms with Crippen LogP contribution in [0.15, 0.2) is 59.6 Å². The van der Waals surface area contributed by atoms with Crippen LogP contribution in [0.5, 0.6) is 5.75 Å². The number of halogens is 1. The summed E-state index contributed by atoms with van der Waals surface area (Å²) in [6.45, 7) is 2.58. The Morgan fingerprint density at radius 1 is 1.19 bits per heavy atom. The molecule has 0 bridgehead atoms. The van der Waals surface area contributed by atoms with Crippen LogP contribution in [0.1, 0.15) is 36.0 Å². The molecule has 0 spiro atoms. The number of likely N-dealkylation sites (tertiary alicyclic amines) is 1. The second-order valence-corrected chi connectivity index (χ2v) is 10.8. The van der Waals surface area contributed by atoms with E-state index in [1.54, 1.807) is 19.2 Å². The molecule has 2 heterocycles. The summed E-state index contributed by atoms with van der Waals surface area (Å²) in [7, 11) is 1.58. The molecule has 2 aromatic carbocycles. The number of rotatable bonds is 11. The van der Waals surface area contributed by atoms with Gasteiger partial charge in [0.25, 0.3) is 0 Å². The quantitative estimate of drug-likeness (QED) is 0.240. The molecular weight excluding hydrogens is 496 g/mol. The van der Waals surface area contributed by atoms with E-state index >= 15 is 0 Å². The van der Waals surface area contributed by atoms with E-state index in [0.717, 1.165) is 31.8 Å². The molecular formula is C28H31ClN2O4S. The molecule has 1 aliphatic rings. The fraction of sp³-hybridized carbons (Fsp3) is 0.393. The Kier molecular flexibility index (Phi) is 9.24. The maximum Gasteiger partial charge on any atom is 0.303 e.